The smallest absolute Gasteiger partial charge is 0.219 e. The third-order valence-electron chi connectivity index (χ3n) is 3.08. The highest BCUT2D eigenvalue weighted by Gasteiger charge is 2.18. The molecule has 1 amide bonds. The monoisotopic (exact) mass is 185 g/mol. The zero-order chi connectivity index (χ0) is 10.3. The molecule has 0 fully saturated rings. The molecule has 78 valence electrons. The van der Waals surface area contributed by atoms with Gasteiger partial charge in [-0.25, -0.2) is 0 Å². The van der Waals surface area contributed by atoms with E-state index in [0.717, 1.165) is 13.0 Å². The summed E-state index contributed by atoms with van der Waals surface area (Å²) in [6, 6.07) is 0. The Kier molecular flexibility index (Phi) is 5.76. The van der Waals surface area contributed by atoms with Crippen molar-refractivity contribution in [1.82, 2.24) is 5.32 Å². The highest BCUT2D eigenvalue weighted by molar-refractivity contribution is 5.75. The minimum atomic E-state index is 0.162. The quantitative estimate of drug-likeness (QED) is 0.677. The fraction of sp³-hybridized carbons (Fsp3) is 0.909. The van der Waals surface area contributed by atoms with Crippen LogP contribution in [0.5, 0.6) is 0 Å². The first kappa shape index (κ1) is 12.5. The number of carbonyl (C=O) groups is 1. The van der Waals surface area contributed by atoms with E-state index >= 15 is 0 Å². The van der Waals surface area contributed by atoms with E-state index in [0.29, 0.717) is 11.8 Å². The normalized spacial score (nSPS) is 11.4. The Bertz CT molecular complexity index is 150. The van der Waals surface area contributed by atoms with E-state index in [1.54, 1.807) is 0 Å². The van der Waals surface area contributed by atoms with Crippen LogP contribution < -0.4 is 5.32 Å². The average Bonchev–Trinajstić information content (AvgIpc) is 2.17. The fourth-order valence-electron chi connectivity index (χ4n) is 1.23. The maximum atomic E-state index is 11.0. The van der Waals surface area contributed by atoms with Crippen molar-refractivity contribution in [3.8, 4) is 0 Å². The van der Waals surface area contributed by atoms with Gasteiger partial charge in [-0.15, -0.1) is 0 Å². The molecule has 0 aliphatic carbocycles. The number of hydrogen-bond acceptors (Lipinski definition) is 1. The van der Waals surface area contributed by atoms with Crippen molar-refractivity contribution >= 4 is 5.91 Å². The van der Waals surface area contributed by atoms with Gasteiger partial charge >= 0.3 is 0 Å². The van der Waals surface area contributed by atoms with Crippen LogP contribution in [0, 0.1) is 5.41 Å². The SMILES string of the molecule is CCC(=O)NCCC(C)(CC)CC. The van der Waals surface area contributed by atoms with Gasteiger partial charge in [0.15, 0.2) is 0 Å². The number of nitrogens with one attached hydrogen (secondary N) is 1. The first-order valence-corrected chi connectivity index (χ1v) is 5.34. The molecule has 0 rings (SSSR count). The molecule has 13 heavy (non-hydrogen) atoms. The largest absolute Gasteiger partial charge is 0.356 e. The van der Waals surface area contributed by atoms with Gasteiger partial charge in [0.2, 0.25) is 5.91 Å². The van der Waals surface area contributed by atoms with E-state index in [-0.39, 0.29) is 5.91 Å². The summed E-state index contributed by atoms with van der Waals surface area (Å²) in [6.45, 7) is 9.42. The average molecular weight is 185 g/mol. The molecule has 0 aliphatic rings. The molecule has 0 saturated carbocycles. The molecule has 2 heteroatoms. The van der Waals surface area contributed by atoms with Gasteiger partial charge in [0, 0.05) is 13.0 Å². The van der Waals surface area contributed by atoms with Crippen LogP contribution in [0.3, 0.4) is 0 Å². The summed E-state index contributed by atoms with van der Waals surface area (Å²) >= 11 is 0. The lowest BCUT2D eigenvalue weighted by Gasteiger charge is -2.26. The number of amides is 1. The Morgan fingerprint density at radius 3 is 2.15 bits per heavy atom. The first-order chi connectivity index (χ1) is 6.08. The Balaban J connectivity index is 3.67. The minimum Gasteiger partial charge on any atom is -0.356 e. The summed E-state index contributed by atoms with van der Waals surface area (Å²) in [6.07, 6.45) is 4.05. The van der Waals surface area contributed by atoms with Crippen LogP contribution in [0.15, 0.2) is 0 Å². The van der Waals surface area contributed by atoms with Crippen LogP contribution >= 0.6 is 0 Å². The second kappa shape index (κ2) is 6.01. The third-order valence-corrected chi connectivity index (χ3v) is 3.08. The molecule has 1 N–H and O–H groups in total. The Labute approximate surface area is 82.1 Å². The molecule has 0 aromatic carbocycles. The Morgan fingerprint density at radius 2 is 1.77 bits per heavy atom. The second-order valence-electron chi connectivity index (χ2n) is 3.97. The van der Waals surface area contributed by atoms with Gasteiger partial charge in [-0.05, 0) is 11.8 Å². The van der Waals surface area contributed by atoms with Crippen LogP contribution in [-0.2, 0) is 4.79 Å². The summed E-state index contributed by atoms with van der Waals surface area (Å²) in [5.41, 5.74) is 0.404. The van der Waals surface area contributed by atoms with Gasteiger partial charge in [0.25, 0.3) is 0 Å². The second-order valence-corrected chi connectivity index (χ2v) is 3.97. The van der Waals surface area contributed by atoms with E-state index in [4.69, 9.17) is 0 Å². The molecule has 0 aliphatic heterocycles. The molecule has 0 aromatic heterocycles. The summed E-state index contributed by atoms with van der Waals surface area (Å²) in [5, 5.41) is 2.92. The van der Waals surface area contributed by atoms with E-state index in [1.165, 1.54) is 12.8 Å². The van der Waals surface area contributed by atoms with Crippen molar-refractivity contribution in [2.24, 2.45) is 5.41 Å². The minimum absolute atomic E-state index is 0.162. The van der Waals surface area contributed by atoms with Gasteiger partial charge in [0.1, 0.15) is 0 Å². The van der Waals surface area contributed by atoms with Crippen LogP contribution in [-0.4, -0.2) is 12.5 Å². The van der Waals surface area contributed by atoms with Gasteiger partial charge in [0.05, 0.1) is 0 Å². The van der Waals surface area contributed by atoms with Crippen LogP contribution in [0.2, 0.25) is 0 Å². The zero-order valence-electron chi connectivity index (χ0n) is 9.44. The molecule has 0 heterocycles. The lowest BCUT2D eigenvalue weighted by Crippen LogP contribution is -2.28. The molecule has 0 atom stereocenters. The molecule has 0 aromatic rings. The predicted octanol–water partition coefficient (Wildman–Crippen LogP) is 2.73. The number of rotatable bonds is 6. The Morgan fingerprint density at radius 1 is 1.23 bits per heavy atom. The number of hydrogen-bond donors (Lipinski definition) is 1. The van der Waals surface area contributed by atoms with E-state index in [2.05, 4.69) is 26.1 Å². The topological polar surface area (TPSA) is 29.1 Å². The van der Waals surface area contributed by atoms with Gasteiger partial charge in [-0.2, -0.15) is 0 Å². The number of carbonyl (C=O) groups excluding carboxylic acids is 1. The summed E-state index contributed by atoms with van der Waals surface area (Å²) < 4.78 is 0. The van der Waals surface area contributed by atoms with Crippen LogP contribution in [0.1, 0.15) is 53.4 Å². The molecular formula is C11H23NO. The van der Waals surface area contributed by atoms with Crippen molar-refractivity contribution in [2.75, 3.05) is 6.54 Å². The molecule has 2 nitrogen and oxygen atoms in total. The Hall–Kier alpha value is -0.530. The van der Waals surface area contributed by atoms with E-state index in [9.17, 15) is 4.79 Å². The van der Waals surface area contributed by atoms with Crippen molar-refractivity contribution in [2.45, 2.75) is 53.4 Å². The van der Waals surface area contributed by atoms with Crippen molar-refractivity contribution in [1.29, 1.82) is 0 Å². The highest BCUT2D eigenvalue weighted by atomic mass is 16.1. The van der Waals surface area contributed by atoms with Gasteiger partial charge < -0.3 is 5.32 Å². The van der Waals surface area contributed by atoms with Crippen LogP contribution in [0.4, 0.5) is 0 Å². The third kappa shape index (κ3) is 4.91. The zero-order valence-corrected chi connectivity index (χ0v) is 9.44. The van der Waals surface area contributed by atoms with Crippen molar-refractivity contribution in [3.63, 3.8) is 0 Å². The van der Waals surface area contributed by atoms with Crippen LogP contribution in [0.25, 0.3) is 0 Å². The lowest BCUT2D eigenvalue weighted by molar-refractivity contribution is -0.120. The first-order valence-electron chi connectivity index (χ1n) is 5.34. The standard InChI is InChI=1S/C11H23NO/c1-5-10(13)12-9-8-11(4,6-2)7-3/h5-9H2,1-4H3,(H,12,13). The fourth-order valence-corrected chi connectivity index (χ4v) is 1.23. The molecular weight excluding hydrogens is 162 g/mol. The molecule has 0 saturated heterocycles. The maximum absolute atomic E-state index is 11.0. The van der Waals surface area contributed by atoms with Crippen molar-refractivity contribution < 1.29 is 4.79 Å². The van der Waals surface area contributed by atoms with Crippen molar-refractivity contribution in [3.05, 3.63) is 0 Å². The summed E-state index contributed by atoms with van der Waals surface area (Å²) in [4.78, 5) is 11.0. The van der Waals surface area contributed by atoms with E-state index in [1.807, 2.05) is 6.92 Å². The molecule has 0 bridgehead atoms. The van der Waals surface area contributed by atoms with E-state index < -0.39 is 0 Å². The molecule has 0 unspecified atom stereocenters. The van der Waals surface area contributed by atoms with Gasteiger partial charge in [-0.1, -0.05) is 40.5 Å². The van der Waals surface area contributed by atoms with Gasteiger partial charge in [-0.3, -0.25) is 4.79 Å². The molecule has 0 radical (unpaired) electrons. The highest BCUT2D eigenvalue weighted by Crippen LogP contribution is 2.28. The predicted molar refractivity (Wildman–Crippen MR) is 56.6 cm³/mol. The maximum Gasteiger partial charge on any atom is 0.219 e. The lowest BCUT2D eigenvalue weighted by atomic mass is 9.81. The summed E-state index contributed by atoms with van der Waals surface area (Å²) in [7, 11) is 0. The molecule has 0 spiro atoms. The summed E-state index contributed by atoms with van der Waals surface area (Å²) in [5.74, 6) is 0.162.